The molecule has 3 aromatic rings. The highest BCUT2D eigenvalue weighted by molar-refractivity contribution is 6.21. The average Bonchev–Trinajstić information content (AvgIpc) is 3.13. The molecule has 7 nitrogen and oxygen atoms in total. The lowest BCUT2D eigenvalue weighted by Gasteiger charge is -2.30. The Morgan fingerprint density at radius 2 is 1.54 bits per heavy atom. The van der Waals surface area contributed by atoms with Crippen LogP contribution in [0.15, 0.2) is 72.8 Å². The maximum absolute atomic E-state index is 13.0. The summed E-state index contributed by atoms with van der Waals surface area (Å²) in [6.45, 7) is 0.852. The van der Waals surface area contributed by atoms with Crippen molar-refractivity contribution in [2.45, 2.75) is 25.7 Å². The molecule has 2 heterocycles. The Labute approximate surface area is 203 Å². The van der Waals surface area contributed by atoms with Gasteiger partial charge in [0, 0.05) is 36.4 Å². The summed E-state index contributed by atoms with van der Waals surface area (Å²) < 4.78 is 0. The molecular formula is C28H25N3O4. The van der Waals surface area contributed by atoms with Crippen LogP contribution in [0.2, 0.25) is 0 Å². The first-order valence-electron chi connectivity index (χ1n) is 11.8. The summed E-state index contributed by atoms with van der Waals surface area (Å²) >= 11 is 0. The molecule has 0 fully saturated rings. The first-order chi connectivity index (χ1) is 17.0. The van der Waals surface area contributed by atoms with Gasteiger partial charge in [-0.3, -0.25) is 24.1 Å². The summed E-state index contributed by atoms with van der Waals surface area (Å²) in [6, 6.07) is 21.6. The third-order valence-corrected chi connectivity index (χ3v) is 6.41. The molecule has 1 N–H and O–H groups in total. The van der Waals surface area contributed by atoms with Crippen LogP contribution in [0.3, 0.4) is 0 Å². The van der Waals surface area contributed by atoms with Crippen LogP contribution in [0.4, 0.5) is 11.4 Å². The van der Waals surface area contributed by atoms with Crippen LogP contribution in [-0.4, -0.2) is 41.6 Å². The number of fused-ring (bicyclic) bond motifs is 2. The molecule has 0 saturated heterocycles. The predicted octanol–water partition coefficient (Wildman–Crippen LogP) is 4.29. The average molecular weight is 468 g/mol. The Morgan fingerprint density at radius 1 is 0.857 bits per heavy atom. The van der Waals surface area contributed by atoms with Gasteiger partial charge in [-0.2, -0.15) is 0 Å². The normalized spacial score (nSPS) is 14.5. The van der Waals surface area contributed by atoms with E-state index < -0.39 is 0 Å². The zero-order chi connectivity index (χ0) is 24.4. The maximum Gasteiger partial charge on any atom is 0.261 e. The van der Waals surface area contributed by atoms with Crippen LogP contribution in [0.1, 0.15) is 55.9 Å². The molecule has 0 bridgehead atoms. The van der Waals surface area contributed by atoms with Crippen LogP contribution in [0, 0.1) is 0 Å². The highest BCUT2D eigenvalue weighted by atomic mass is 16.2. The van der Waals surface area contributed by atoms with Crippen molar-refractivity contribution in [2.24, 2.45) is 0 Å². The molecule has 3 aromatic carbocycles. The van der Waals surface area contributed by atoms with E-state index in [0.29, 0.717) is 35.3 Å². The van der Waals surface area contributed by atoms with Crippen molar-refractivity contribution in [3.05, 3.63) is 95.1 Å². The number of benzene rings is 3. The topological polar surface area (TPSA) is 86.8 Å². The predicted molar refractivity (Wildman–Crippen MR) is 133 cm³/mol. The van der Waals surface area contributed by atoms with Crippen LogP contribution >= 0.6 is 0 Å². The number of nitrogens with one attached hydrogen (secondary N) is 1. The fraction of sp³-hybridized carbons (Fsp3) is 0.214. The van der Waals surface area contributed by atoms with Crippen LogP contribution in [0.25, 0.3) is 0 Å². The molecule has 4 amide bonds. The summed E-state index contributed by atoms with van der Waals surface area (Å²) in [5, 5.41) is 2.90. The number of aryl methyl sites for hydroxylation is 1. The smallest absolute Gasteiger partial charge is 0.261 e. The summed E-state index contributed by atoms with van der Waals surface area (Å²) in [5.41, 5.74) is 4.03. The van der Waals surface area contributed by atoms with Crippen molar-refractivity contribution >= 4 is 35.0 Å². The Balaban J connectivity index is 1.18. The van der Waals surface area contributed by atoms with E-state index in [2.05, 4.69) is 5.32 Å². The summed E-state index contributed by atoms with van der Waals surface area (Å²) in [5.74, 6) is -0.836. The molecule has 176 valence electrons. The zero-order valence-corrected chi connectivity index (χ0v) is 19.2. The van der Waals surface area contributed by atoms with Crippen molar-refractivity contribution in [1.82, 2.24) is 4.90 Å². The van der Waals surface area contributed by atoms with Gasteiger partial charge in [-0.05, 0) is 67.3 Å². The minimum atomic E-state index is -0.310. The molecule has 0 saturated carbocycles. The minimum absolute atomic E-state index is 0.0310. The van der Waals surface area contributed by atoms with Crippen molar-refractivity contribution in [2.75, 3.05) is 23.3 Å². The number of hydrogen-bond donors (Lipinski definition) is 1. The van der Waals surface area contributed by atoms with E-state index in [1.54, 1.807) is 35.2 Å². The molecule has 0 aliphatic carbocycles. The number of carbonyl (C=O) groups excluding carboxylic acids is 4. The molecule has 0 aromatic heterocycles. The first-order valence-corrected chi connectivity index (χ1v) is 11.8. The van der Waals surface area contributed by atoms with Gasteiger partial charge in [-0.1, -0.05) is 30.3 Å². The number of amides is 4. The molecule has 2 aliphatic rings. The fourth-order valence-electron chi connectivity index (χ4n) is 4.69. The Kier molecular flexibility index (Phi) is 6.14. The van der Waals surface area contributed by atoms with E-state index >= 15 is 0 Å². The molecule has 35 heavy (non-hydrogen) atoms. The van der Waals surface area contributed by atoms with Crippen molar-refractivity contribution in [3.63, 3.8) is 0 Å². The largest absolute Gasteiger partial charge is 0.326 e. The van der Waals surface area contributed by atoms with E-state index in [9.17, 15) is 19.2 Å². The number of rotatable bonds is 6. The number of hydrogen-bond acceptors (Lipinski definition) is 4. The van der Waals surface area contributed by atoms with E-state index in [1.165, 1.54) is 4.90 Å². The monoisotopic (exact) mass is 467 g/mol. The molecule has 0 unspecified atom stereocenters. The fourth-order valence-corrected chi connectivity index (χ4v) is 4.69. The number of imide groups is 1. The first kappa shape index (κ1) is 22.5. The van der Waals surface area contributed by atoms with Gasteiger partial charge in [0.25, 0.3) is 17.7 Å². The summed E-state index contributed by atoms with van der Waals surface area (Å²) in [7, 11) is 0. The van der Waals surface area contributed by atoms with Crippen molar-refractivity contribution in [3.8, 4) is 0 Å². The molecule has 0 radical (unpaired) electrons. The summed E-state index contributed by atoms with van der Waals surface area (Å²) in [4.78, 5) is 53.4. The molecule has 5 rings (SSSR count). The van der Waals surface area contributed by atoms with Crippen molar-refractivity contribution in [1.29, 1.82) is 0 Å². The van der Waals surface area contributed by atoms with E-state index in [0.717, 1.165) is 24.1 Å². The molecular weight excluding hydrogens is 442 g/mol. The van der Waals surface area contributed by atoms with Crippen molar-refractivity contribution < 1.29 is 19.2 Å². The van der Waals surface area contributed by atoms with Crippen LogP contribution in [0.5, 0.6) is 0 Å². The molecule has 2 aliphatic heterocycles. The van der Waals surface area contributed by atoms with Gasteiger partial charge in [-0.25, -0.2) is 0 Å². The second-order valence-corrected chi connectivity index (χ2v) is 8.73. The molecule has 7 heteroatoms. The van der Waals surface area contributed by atoms with E-state index in [4.69, 9.17) is 0 Å². The van der Waals surface area contributed by atoms with E-state index in [-0.39, 0.29) is 36.6 Å². The quantitative estimate of drug-likeness (QED) is 0.548. The molecule has 0 spiro atoms. The van der Waals surface area contributed by atoms with Gasteiger partial charge < -0.3 is 10.2 Å². The van der Waals surface area contributed by atoms with Gasteiger partial charge in [0.15, 0.2) is 0 Å². The van der Waals surface area contributed by atoms with Crippen LogP contribution < -0.4 is 10.2 Å². The number of anilines is 2. The highest BCUT2D eigenvalue weighted by Gasteiger charge is 2.34. The van der Waals surface area contributed by atoms with Gasteiger partial charge >= 0.3 is 0 Å². The lowest BCUT2D eigenvalue weighted by Crippen LogP contribution is -2.35. The second-order valence-electron chi connectivity index (χ2n) is 8.73. The lowest BCUT2D eigenvalue weighted by molar-refractivity contribution is -0.116. The third-order valence-electron chi connectivity index (χ3n) is 6.41. The summed E-state index contributed by atoms with van der Waals surface area (Å²) in [6.07, 6.45) is 2.24. The SMILES string of the molecule is O=C(CCCN1C(=O)c2ccccc2C1=O)Nc1ccc2c(c1)CCCN2C(=O)c1ccccc1. The Bertz CT molecular complexity index is 1280. The van der Waals surface area contributed by atoms with Gasteiger partial charge in [-0.15, -0.1) is 0 Å². The minimum Gasteiger partial charge on any atom is -0.326 e. The maximum atomic E-state index is 13.0. The number of nitrogens with zero attached hydrogens (tertiary/aromatic N) is 2. The van der Waals surface area contributed by atoms with Gasteiger partial charge in [0.1, 0.15) is 0 Å². The lowest BCUT2D eigenvalue weighted by atomic mass is 10.00. The molecule has 0 atom stereocenters. The third kappa shape index (κ3) is 4.45. The van der Waals surface area contributed by atoms with E-state index in [1.807, 2.05) is 42.5 Å². The van der Waals surface area contributed by atoms with Crippen LogP contribution in [-0.2, 0) is 11.2 Å². The van der Waals surface area contributed by atoms with Gasteiger partial charge in [0.05, 0.1) is 11.1 Å². The van der Waals surface area contributed by atoms with Gasteiger partial charge in [0.2, 0.25) is 5.91 Å². The Hall–Kier alpha value is -4.26. The standard InChI is InChI=1S/C28H25N3O4/c32-25(13-7-17-31-27(34)22-11-4-5-12-23(22)28(31)35)29-21-14-15-24-20(18-21)10-6-16-30(24)26(33)19-8-2-1-3-9-19/h1-5,8-9,11-12,14-15,18H,6-7,10,13,16-17H2,(H,29,32). The highest BCUT2D eigenvalue weighted by Crippen LogP contribution is 2.31. The number of carbonyl (C=O) groups is 4. The second kappa shape index (κ2) is 9.54. The Morgan fingerprint density at radius 3 is 2.26 bits per heavy atom. The zero-order valence-electron chi connectivity index (χ0n) is 19.2.